The standard InChI is InChI=1S/C16H22FN3/c1-3-20-9-5-8-15(20)12-19(2)11-14-7-4-6-13(10-18)16(14)17/h4,6-7,15H,3,5,8-9,11-12H2,1-2H3. The lowest BCUT2D eigenvalue weighted by Gasteiger charge is -2.27. The number of hydrogen-bond acceptors (Lipinski definition) is 3. The highest BCUT2D eigenvalue weighted by molar-refractivity contribution is 5.34. The first-order valence-electron chi connectivity index (χ1n) is 7.25. The molecule has 0 bridgehead atoms. The van der Waals surface area contributed by atoms with Gasteiger partial charge in [0.15, 0.2) is 0 Å². The molecule has 1 aromatic rings. The molecule has 0 aliphatic carbocycles. The van der Waals surface area contributed by atoms with Crippen molar-refractivity contribution in [2.45, 2.75) is 32.4 Å². The van der Waals surface area contributed by atoms with E-state index in [1.807, 2.05) is 13.1 Å². The van der Waals surface area contributed by atoms with Gasteiger partial charge < -0.3 is 4.90 Å². The van der Waals surface area contributed by atoms with Crippen LogP contribution in [-0.2, 0) is 6.54 Å². The number of rotatable bonds is 5. The van der Waals surface area contributed by atoms with E-state index in [9.17, 15) is 4.39 Å². The Balaban J connectivity index is 1.98. The highest BCUT2D eigenvalue weighted by Gasteiger charge is 2.24. The van der Waals surface area contributed by atoms with Crippen molar-refractivity contribution in [3.63, 3.8) is 0 Å². The van der Waals surface area contributed by atoms with Gasteiger partial charge in [0.2, 0.25) is 0 Å². The highest BCUT2D eigenvalue weighted by atomic mass is 19.1. The molecule has 1 aromatic carbocycles. The Labute approximate surface area is 120 Å². The number of hydrogen-bond donors (Lipinski definition) is 0. The lowest BCUT2D eigenvalue weighted by atomic mass is 10.1. The number of nitrogens with zero attached hydrogens (tertiary/aromatic N) is 3. The van der Waals surface area contributed by atoms with E-state index in [0.717, 1.165) is 13.1 Å². The second kappa shape index (κ2) is 6.83. The third kappa shape index (κ3) is 3.36. The molecule has 0 saturated carbocycles. The van der Waals surface area contributed by atoms with Gasteiger partial charge in [0.1, 0.15) is 11.9 Å². The average Bonchev–Trinajstić information content (AvgIpc) is 2.88. The number of halogens is 1. The summed E-state index contributed by atoms with van der Waals surface area (Å²) in [5, 5.41) is 8.86. The zero-order valence-electron chi connectivity index (χ0n) is 12.3. The summed E-state index contributed by atoms with van der Waals surface area (Å²) < 4.78 is 14.0. The Morgan fingerprint density at radius 2 is 2.30 bits per heavy atom. The van der Waals surface area contributed by atoms with Crippen LogP contribution in [0.4, 0.5) is 4.39 Å². The zero-order chi connectivity index (χ0) is 14.5. The fourth-order valence-electron chi connectivity index (χ4n) is 3.02. The van der Waals surface area contributed by atoms with Crippen LogP contribution in [-0.4, -0.2) is 42.5 Å². The SMILES string of the molecule is CCN1CCCC1CN(C)Cc1cccc(C#N)c1F. The van der Waals surface area contributed by atoms with Crippen LogP contribution < -0.4 is 0 Å². The molecule has 1 heterocycles. The smallest absolute Gasteiger partial charge is 0.145 e. The van der Waals surface area contributed by atoms with Crippen LogP contribution in [0.15, 0.2) is 18.2 Å². The van der Waals surface area contributed by atoms with Crippen molar-refractivity contribution in [2.24, 2.45) is 0 Å². The van der Waals surface area contributed by atoms with E-state index < -0.39 is 0 Å². The first-order chi connectivity index (χ1) is 9.65. The first-order valence-corrected chi connectivity index (χ1v) is 7.25. The van der Waals surface area contributed by atoms with Gasteiger partial charge in [-0.2, -0.15) is 5.26 Å². The molecular weight excluding hydrogens is 253 g/mol. The molecule has 4 heteroatoms. The molecule has 1 saturated heterocycles. The largest absolute Gasteiger partial charge is 0.300 e. The third-order valence-electron chi connectivity index (χ3n) is 4.07. The van der Waals surface area contributed by atoms with Crippen LogP contribution in [0.2, 0.25) is 0 Å². The number of benzene rings is 1. The van der Waals surface area contributed by atoms with Gasteiger partial charge in [0, 0.05) is 24.7 Å². The van der Waals surface area contributed by atoms with Gasteiger partial charge in [0.05, 0.1) is 5.56 Å². The topological polar surface area (TPSA) is 30.3 Å². The summed E-state index contributed by atoms with van der Waals surface area (Å²) in [5.41, 5.74) is 0.736. The molecule has 0 amide bonds. The van der Waals surface area contributed by atoms with Crippen LogP contribution in [0, 0.1) is 17.1 Å². The summed E-state index contributed by atoms with van der Waals surface area (Å²) in [4.78, 5) is 4.64. The van der Waals surface area contributed by atoms with E-state index >= 15 is 0 Å². The van der Waals surface area contributed by atoms with Crippen LogP contribution in [0.5, 0.6) is 0 Å². The molecule has 2 rings (SSSR count). The van der Waals surface area contributed by atoms with Crippen molar-refractivity contribution in [3.05, 3.63) is 35.1 Å². The van der Waals surface area contributed by atoms with E-state index in [1.54, 1.807) is 12.1 Å². The van der Waals surface area contributed by atoms with Crippen LogP contribution in [0.3, 0.4) is 0 Å². The van der Waals surface area contributed by atoms with Crippen molar-refractivity contribution in [1.82, 2.24) is 9.80 Å². The van der Waals surface area contributed by atoms with Gasteiger partial charge in [0.25, 0.3) is 0 Å². The molecule has 20 heavy (non-hydrogen) atoms. The summed E-state index contributed by atoms with van der Waals surface area (Å²) in [5.74, 6) is -0.374. The summed E-state index contributed by atoms with van der Waals surface area (Å²) in [6.45, 7) is 5.94. The molecule has 1 aliphatic rings. The van der Waals surface area contributed by atoms with E-state index in [4.69, 9.17) is 5.26 Å². The van der Waals surface area contributed by atoms with Gasteiger partial charge in [-0.3, -0.25) is 4.90 Å². The molecule has 1 unspecified atom stereocenters. The van der Waals surface area contributed by atoms with Crippen molar-refractivity contribution in [2.75, 3.05) is 26.7 Å². The summed E-state index contributed by atoms with van der Waals surface area (Å²) in [7, 11) is 2.02. The van der Waals surface area contributed by atoms with Gasteiger partial charge in [-0.05, 0) is 39.0 Å². The molecule has 0 radical (unpaired) electrons. The Hall–Kier alpha value is -1.44. The molecule has 3 nitrogen and oxygen atoms in total. The van der Waals surface area contributed by atoms with Crippen molar-refractivity contribution in [3.8, 4) is 6.07 Å². The second-order valence-electron chi connectivity index (χ2n) is 5.51. The second-order valence-corrected chi connectivity index (χ2v) is 5.51. The maximum Gasteiger partial charge on any atom is 0.145 e. The van der Waals surface area contributed by atoms with E-state index in [0.29, 0.717) is 18.2 Å². The third-order valence-corrected chi connectivity index (χ3v) is 4.07. The number of likely N-dealkylation sites (tertiary alicyclic amines) is 1. The number of nitriles is 1. The summed E-state index contributed by atoms with van der Waals surface area (Å²) in [6.07, 6.45) is 2.48. The minimum absolute atomic E-state index is 0.131. The zero-order valence-corrected chi connectivity index (χ0v) is 12.3. The maximum atomic E-state index is 14.0. The van der Waals surface area contributed by atoms with Gasteiger partial charge in [-0.1, -0.05) is 19.1 Å². The monoisotopic (exact) mass is 275 g/mol. The molecular formula is C16H22FN3. The van der Waals surface area contributed by atoms with E-state index in [1.165, 1.54) is 25.5 Å². The van der Waals surface area contributed by atoms with Crippen LogP contribution in [0.25, 0.3) is 0 Å². The maximum absolute atomic E-state index is 14.0. The normalized spacial score (nSPS) is 19.4. The van der Waals surface area contributed by atoms with Gasteiger partial charge in [-0.15, -0.1) is 0 Å². The van der Waals surface area contributed by atoms with Crippen LogP contribution in [0.1, 0.15) is 30.9 Å². The average molecular weight is 275 g/mol. The Morgan fingerprint density at radius 3 is 3.00 bits per heavy atom. The quantitative estimate of drug-likeness (QED) is 0.827. The highest BCUT2D eigenvalue weighted by Crippen LogP contribution is 2.19. The Morgan fingerprint density at radius 1 is 1.50 bits per heavy atom. The summed E-state index contributed by atoms with van der Waals surface area (Å²) >= 11 is 0. The molecule has 1 fully saturated rings. The molecule has 0 N–H and O–H groups in total. The van der Waals surface area contributed by atoms with E-state index in [-0.39, 0.29) is 11.4 Å². The van der Waals surface area contributed by atoms with Gasteiger partial charge in [-0.25, -0.2) is 4.39 Å². The number of likely N-dealkylation sites (N-methyl/N-ethyl adjacent to an activating group) is 2. The van der Waals surface area contributed by atoms with E-state index in [2.05, 4.69) is 16.7 Å². The Bertz CT molecular complexity index is 495. The fraction of sp³-hybridized carbons (Fsp3) is 0.562. The van der Waals surface area contributed by atoms with Gasteiger partial charge >= 0.3 is 0 Å². The minimum atomic E-state index is -0.374. The van der Waals surface area contributed by atoms with Crippen molar-refractivity contribution < 1.29 is 4.39 Å². The molecule has 108 valence electrons. The molecule has 1 atom stereocenters. The predicted octanol–water partition coefficient (Wildman–Crippen LogP) is 2.61. The Kier molecular flexibility index (Phi) is 5.11. The van der Waals surface area contributed by atoms with Crippen molar-refractivity contribution >= 4 is 0 Å². The summed E-state index contributed by atoms with van der Waals surface area (Å²) in [6, 6.07) is 7.51. The molecule has 0 aromatic heterocycles. The lowest BCUT2D eigenvalue weighted by Crippen LogP contribution is -2.38. The first kappa shape index (κ1) is 15.0. The fourth-order valence-corrected chi connectivity index (χ4v) is 3.02. The minimum Gasteiger partial charge on any atom is -0.300 e. The van der Waals surface area contributed by atoms with Crippen LogP contribution >= 0.6 is 0 Å². The lowest BCUT2D eigenvalue weighted by molar-refractivity contribution is 0.193. The van der Waals surface area contributed by atoms with Crippen molar-refractivity contribution in [1.29, 1.82) is 5.26 Å². The predicted molar refractivity (Wildman–Crippen MR) is 77.7 cm³/mol. The molecule has 1 aliphatic heterocycles. The molecule has 0 spiro atoms.